The third kappa shape index (κ3) is 5.63. The Balaban J connectivity index is 1.29. The van der Waals surface area contributed by atoms with Crippen LogP contribution < -0.4 is 10.6 Å². The van der Waals surface area contributed by atoms with Crippen LogP contribution >= 0.6 is 23.2 Å². The second-order valence-electron chi connectivity index (χ2n) is 11.1. The summed E-state index contributed by atoms with van der Waals surface area (Å²) in [5, 5.41) is 7.35. The van der Waals surface area contributed by atoms with Crippen molar-refractivity contribution in [2.75, 3.05) is 18.4 Å². The van der Waals surface area contributed by atoms with E-state index in [1.54, 1.807) is 42.5 Å². The normalized spacial score (nSPS) is 19.9. The van der Waals surface area contributed by atoms with Crippen molar-refractivity contribution in [1.82, 2.24) is 15.2 Å². The van der Waals surface area contributed by atoms with Gasteiger partial charge in [-0.25, -0.2) is 0 Å². The van der Waals surface area contributed by atoms with Gasteiger partial charge in [-0.3, -0.25) is 13.8 Å². The maximum absolute atomic E-state index is 13.8. The Labute approximate surface area is 252 Å². The monoisotopic (exact) mass is 610 g/mol. The molecule has 3 aromatic rings. The van der Waals surface area contributed by atoms with Crippen molar-refractivity contribution in [2.24, 2.45) is 0 Å². The zero-order valence-corrected chi connectivity index (χ0v) is 25.3. The molecule has 2 fully saturated rings. The smallest absolute Gasteiger partial charge is 0.256 e. The number of H-pyrrole nitrogens is 1. The molecule has 3 N–H and O–H groups in total. The molecule has 41 heavy (non-hydrogen) atoms. The molecule has 0 spiro atoms. The highest BCUT2D eigenvalue weighted by molar-refractivity contribution is 7.84. The SMILES string of the molecule is Cc1[nH]c(/C=C2\C(=O)Nc3ccc(S(=O)Cc4c(Cl)cccc4Cl)cc32)c(C)c1C(=O)N(C[C@H]1CCCN1)C1CC1. The van der Waals surface area contributed by atoms with Gasteiger partial charge in [-0.05, 0) is 88.0 Å². The number of halogens is 2. The summed E-state index contributed by atoms with van der Waals surface area (Å²) in [6.45, 7) is 5.56. The van der Waals surface area contributed by atoms with Gasteiger partial charge in [0.05, 0.1) is 27.7 Å². The first-order valence-electron chi connectivity index (χ1n) is 13.9. The Bertz CT molecular complexity index is 1580. The number of fused-ring (bicyclic) bond motifs is 1. The minimum Gasteiger partial charge on any atom is -0.358 e. The van der Waals surface area contributed by atoms with Crippen molar-refractivity contribution < 1.29 is 13.8 Å². The first kappa shape index (κ1) is 28.2. The van der Waals surface area contributed by atoms with Crippen LogP contribution in [0, 0.1) is 13.8 Å². The Morgan fingerprint density at radius 1 is 1.12 bits per heavy atom. The number of hydrogen-bond donors (Lipinski definition) is 3. The van der Waals surface area contributed by atoms with Gasteiger partial charge in [-0.1, -0.05) is 29.3 Å². The molecule has 0 radical (unpaired) electrons. The Kier molecular flexibility index (Phi) is 7.85. The van der Waals surface area contributed by atoms with E-state index in [4.69, 9.17) is 23.2 Å². The summed E-state index contributed by atoms with van der Waals surface area (Å²) in [5.41, 5.74) is 5.38. The van der Waals surface area contributed by atoms with Gasteiger partial charge < -0.3 is 20.5 Å². The first-order valence-corrected chi connectivity index (χ1v) is 16.0. The molecule has 214 valence electrons. The van der Waals surface area contributed by atoms with Crippen molar-refractivity contribution in [1.29, 1.82) is 0 Å². The van der Waals surface area contributed by atoms with Crippen LogP contribution in [0.3, 0.4) is 0 Å². The first-order chi connectivity index (χ1) is 19.7. The second-order valence-corrected chi connectivity index (χ2v) is 13.3. The third-order valence-corrected chi connectivity index (χ3v) is 10.2. The average Bonchev–Trinajstić information content (AvgIpc) is 3.45. The lowest BCUT2D eigenvalue weighted by Gasteiger charge is -2.26. The number of carbonyl (C=O) groups excluding carboxylic acids is 2. The van der Waals surface area contributed by atoms with Gasteiger partial charge in [0, 0.05) is 61.8 Å². The molecular weight excluding hydrogens is 579 g/mol. The van der Waals surface area contributed by atoms with E-state index in [2.05, 4.69) is 15.6 Å². The topological polar surface area (TPSA) is 94.3 Å². The highest BCUT2D eigenvalue weighted by atomic mass is 35.5. The molecule has 2 atom stereocenters. The minimum atomic E-state index is -1.43. The van der Waals surface area contributed by atoms with Crippen LogP contribution in [0.15, 0.2) is 41.3 Å². The van der Waals surface area contributed by atoms with Gasteiger partial charge in [-0.2, -0.15) is 0 Å². The minimum absolute atomic E-state index is 0.0456. The molecule has 1 saturated heterocycles. The largest absolute Gasteiger partial charge is 0.358 e. The quantitative estimate of drug-likeness (QED) is 0.269. The van der Waals surface area contributed by atoms with Gasteiger partial charge in [0.1, 0.15) is 0 Å². The fourth-order valence-corrected chi connectivity index (χ4v) is 7.70. The van der Waals surface area contributed by atoms with E-state index >= 15 is 0 Å². The van der Waals surface area contributed by atoms with Crippen molar-refractivity contribution in [3.63, 3.8) is 0 Å². The highest BCUT2D eigenvalue weighted by Crippen LogP contribution is 2.37. The molecule has 6 rings (SSSR count). The number of amides is 2. The zero-order valence-electron chi connectivity index (χ0n) is 23.0. The van der Waals surface area contributed by atoms with E-state index < -0.39 is 10.8 Å². The molecule has 2 aliphatic heterocycles. The number of aromatic amines is 1. The Morgan fingerprint density at radius 2 is 1.88 bits per heavy atom. The van der Waals surface area contributed by atoms with E-state index in [0.717, 1.165) is 50.0 Å². The second kappa shape index (κ2) is 11.4. The number of hydrogen-bond acceptors (Lipinski definition) is 4. The number of aromatic nitrogens is 1. The summed E-state index contributed by atoms with van der Waals surface area (Å²) in [6, 6.07) is 11.1. The van der Waals surface area contributed by atoms with Crippen LogP contribution in [0.1, 0.15) is 64.1 Å². The van der Waals surface area contributed by atoms with E-state index in [0.29, 0.717) is 60.7 Å². The number of aryl methyl sites for hydroxylation is 1. The van der Waals surface area contributed by atoms with Crippen molar-refractivity contribution in [3.05, 3.63) is 80.1 Å². The zero-order chi connectivity index (χ0) is 28.8. The fraction of sp³-hybridized carbons (Fsp3) is 0.355. The lowest BCUT2D eigenvalue weighted by Crippen LogP contribution is -2.42. The summed E-state index contributed by atoms with van der Waals surface area (Å²) in [4.78, 5) is 32.8. The predicted octanol–water partition coefficient (Wildman–Crippen LogP) is 6.10. The van der Waals surface area contributed by atoms with Crippen LogP contribution in [-0.2, 0) is 21.3 Å². The van der Waals surface area contributed by atoms with Gasteiger partial charge in [0.2, 0.25) is 0 Å². The summed E-state index contributed by atoms with van der Waals surface area (Å²) in [7, 11) is -1.43. The van der Waals surface area contributed by atoms with E-state index in [1.165, 1.54) is 0 Å². The summed E-state index contributed by atoms with van der Waals surface area (Å²) in [6.07, 6.45) is 6.11. The molecule has 7 nitrogen and oxygen atoms in total. The van der Waals surface area contributed by atoms with Gasteiger partial charge in [-0.15, -0.1) is 0 Å². The Morgan fingerprint density at radius 3 is 2.56 bits per heavy atom. The predicted molar refractivity (Wildman–Crippen MR) is 165 cm³/mol. The van der Waals surface area contributed by atoms with E-state index in [9.17, 15) is 13.8 Å². The van der Waals surface area contributed by atoms with Gasteiger partial charge in [0.15, 0.2) is 0 Å². The summed E-state index contributed by atoms with van der Waals surface area (Å²) >= 11 is 12.6. The molecule has 10 heteroatoms. The number of rotatable bonds is 8. The molecule has 1 aliphatic carbocycles. The maximum Gasteiger partial charge on any atom is 0.256 e. The molecule has 2 aromatic carbocycles. The fourth-order valence-electron chi connectivity index (χ4n) is 5.80. The number of nitrogens with one attached hydrogen (secondary N) is 3. The number of carbonyl (C=O) groups is 2. The van der Waals surface area contributed by atoms with Crippen LogP contribution in [0.5, 0.6) is 0 Å². The number of anilines is 1. The van der Waals surface area contributed by atoms with Crippen molar-refractivity contribution in [3.8, 4) is 0 Å². The van der Waals surface area contributed by atoms with E-state index in [1.807, 2.05) is 18.7 Å². The van der Waals surface area contributed by atoms with Crippen LogP contribution in [0.25, 0.3) is 11.6 Å². The average molecular weight is 612 g/mol. The molecule has 3 heterocycles. The molecule has 2 amide bonds. The maximum atomic E-state index is 13.8. The van der Waals surface area contributed by atoms with Gasteiger partial charge >= 0.3 is 0 Å². The standard InChI is InChI=1S/C31H32Cl2N4O3S/c1-17-28(35-18(2)29(17)31(39)37(20-8-9-20)15-19-5-4-12-34-19)14-23-22-13-21(10-11-27(22)36-30(23)38)41(40)16-24-25(32)6-3-7-26(24)33/h3,6-7,10-11,13-14,19-20,34-35H,4-5,8-9,12,15-16H2,1-2H3,(H,36,38)/b23-14-/t19-,41?/m1/s1. The number of nitrogens with zero attached hydrogens (tertiary/aromatic N) is 1. The van der Waals surface area contributed by atoms with Crippen molar-refractivity contribution in [2.45, 2.75) is 62.3 Å². The van der Waals surface area contributed by atoms with E-state index in [-0.39, 0.29) is 17.6 Å². The summed E-state index contributed by atoms with van der Waals surface area (Å²) in [5.74, 6) is -0.0424. The van der Waals surface area contributed by atoms with Gasteiger partial charge in [0.25, 0.3) is 11.8 Å². The highest BCUT2D eigenvalue weighted by Gasteiger charge is 2.37. The Hall–Kier alpha value is -2.91. The number of benzene rings is 2. The van der Waals surface area contributed by atoms with Crippen LogP contribution in [0.4, 0.5) is 5.69 Å². The molecule has 3 aliphatic rings. The molecule has 0 bridgehead atoms. The lowest BCUT2D eigenvalue weighted by molar-refractivity contribution is -0.110. The molecular formula is C31H32Cl2N4O3S. The van der Waals surface area contributed by atoms with Crippen LogP contribution in [0.2, 0.25) is 10.0 Å². The third-order valence-electron chi connectivity index (χ3n) is 8.18. The lowest BCUT2D eigenvalue weighted by atomic mass is 10.0. The molecule has 1 unspecified atom stereocenters. The van der Waals surface area contributed by atoms with Crippen molar-refractivity contribution >= 4 is 63.2 Å². The van der Waals surface area contributed by atoms with Crippen LogP contribution in [-0.4, -0.2) is 51.1 Å². The summed E-state index contributed by atoms with van der Waals surface area (Å²) < 4.78 is 13.3. The molecule has 1 aromatic heterocycles. The molecule has 1 saturated carbocycles.